The van der Waals surface area contributed by atoms with E-state index >= 15 is 0 Å². The van der Waals surface area contributed by atoms with Crippen LogP contribution in [-0.2, 0) is 6.54 Å². The van der Waals surface area contributed by atoms with E-state index in [2.05, 4.69) is 29.5 Å². The first kappa shape index (κ1) is 21.8. The summed E-state index contributed by atoms with van der Waals surface area (Å²) in [4.78, 5) is 4.26. The number of guanidine groups is 1. The number of halogens is 1. The van der Waals surface area contributed by atoms with Crippen molar-refractivity contribution >= 4 is 29.9 Å². The third kappa shape index (κ3) is 7.28. The molecule has 0 unspecified atom stereocenters. The number of ether oxygens (including phenoxy) is 2. The first-order chi connectivity index (χ1) is 10.7. The summed E-state index contributed by atoms with van der Waals surface area (Å²) in [5, 5.41) is 6.70. The SMILES string of the molecule is CCC(CC)CNC(=NC)NCc1ccc(OC)c(OC)c1.I. The molecule has 0 amide bonds. The minimum atomic E-state index is 0. The van der Waals surface area contributed by atoms with Crippen molar-refractivity contribution in [2.24, 2.45) is 10.9 Å². The molecule has 1 aromatic carbocycles. The molecule has 0 spiro atoms. The third-order valence-electron chi connectivity index (χ3n) is 3.84. The van der Waals surface area contributed by atoms with Crippen molar-refractivity contribution in [1.29, 1.82) is 0 Å². The molecule has 5 nitrogen and oxygen atoms in total. The number of hydrogen-bond acceptors (Lipinski definition) is 3. The van der Waals surface area contributed by atoms with Crippen LogP contribution in [0.4, 0.5) is 0 Å². The van der Waals surface area contributed by atoms with E-state index in [-0.39, 0.29) is 24.0 Å². The average molecular weight is 435 g/mol. The predicted octanol–water partition coefficient (Wildman–Crippen LogP) is 3.42. The first-order valence-corrected chi connectivity index (χ1v) is 7.83. The maximum absolute atomic E-state index is 5.32. The molecule has 0 saturated carbocycles. The molecule has 132 valence electrons. The van der Waals surface area contributed by atoms with Crippen LogP contribution in [0.5, 0.6) is 11.5 Å². The van der Waals surface area contributed by atoms with Gasteiger partial charge in [-0.2, -0.15) is 0 Å². The summed E-state index contributed by atoms with van der Waals surface area (Å²) in [5.74, 6) is 2.98. The molecule has 0 heterocycles. The topological polar surface area (TPSA) is 54.9 Å². The molecular formula is C17H30IN3O2. The summed E-state index contributed by atoms with van der Waals surface area (Å²) in [6.07, 6.45) is 2.35. The molecule has 2 N–H and O–H groups in total. The van der Waals surface area contributed by atoms with E-state index < -0.39 is 0 Å². The van der Waals surface area contributed by atoms with Crippen LogP contribution in [0.15, 0.2) is 23.2 Å². The quantitative estimate of drug-likeness (QED) is 0.373. The Balaban J connectivity index is 0.00000484. The van der Waals surface area contributed by atoms with Crippen LogP contribution in [0.2, 0.25) is 0 Å². The summed E-state index contributed by atoms with van der Waals surface area (Å²) in [7, 11) is 5.07. The molecule has 0 fully saturated rings. The van der Waals surface area contributed by atoms with Crippen LogP contribution in [0.1, 0.15) is 32.3 Å². The number of aliphatic imine (C=N–C) groups is 1. The number of rotatable bonds is 8. The van der Waals surface area contributed by atoms with Crippen molar-refractivity contribution in [2.75, 3.05) is 27.8 Å². The van der Waals surface area contributed by atoms with Gasteiger partial charge >= 0.3 is 0 Å². The standard InChI is InChI=1S/C17H29N3O2.HI/c1-6-13(7-2)11-19-17(18-3)20-12-14-8-9-15(21-4)16(10-14)22-5;/h8-10,13H,6-7,11-12H2,1-5H3,(H2,18,19,20);1H. The van der Waals surface area contributed by atoms with Crippen molar-refractivity contribution < 1.29 is 9.47 Å². The van der Waals surface area contributed by atoms with Gasteiger partial charge in [0.2, 0.25) is 0 Å². The van der Waals surface area contributed by atoms with Crippen LogP contribution in [0.3, 0.4) is 0 Å². The summed E-state index contributed by atoms with van der Waals surface area (Å²) < 4.78 is 10.6. The Hall–Kier alpha value is -1.18. The second-order valence-corrected chi connectivity index (χ2v) is 5.18. The van der Waals surface area contributed by atoms with Crippen LogP contribution in [0, 0.1) is 5.92 Å². The fourth-order valence-corrected chi connectivity index (χ4v) is 2.22. The summed E-state index contributed by atoms with van der Waals surface area (Å²) in [6, 6.07) is 5.90. The van der Waals surface area contributed by atoms with E-state index in [0.29, 0.717) is 12.5 Å². The van der Waals surface area contributed by atoms with Gasteiger partial charge in [-0.05, 0) is 23.6 Å². The highest BCUT2D eigenvalue weighted by Crippen LogP contribution is 2.27. The second kappa shape index (κ2) is 12.3. The Kier molecular flexibility index (Phi) is 11.6. The normalized spacial score (nSPS) is 11.0. The number of benzene rings is 1. The van der Waals surface area contributed by atoms with Gasteiger partial charge in [0.05, 0.1) is 14.2 Å². The minimum absolute atomic E-state index is 0. The van der Waals surface area contributed by atoms with E-state index in [4.69, 9.17) is 9.47 Å². The third-order valence-corrected chi connectivity index (χ3v) is 3.84. The summed E-state index contributed by atoms with van der Waals surface area (Å²) >= 11 is 0. The van der Waals surface area contributed by atoms with Crippen molar-refractivity contribution in [1.82, 2.24) is 10.6 Å². The zero-order chi connectivity index (χ0) is 16.4. The van der Waals surface area contributed by atoms with Crippen LogP contribution in [0.25, 0.3) is 0 Å². The largest absolute Gasteiger partial charge is 0.493 e. The van der Waals surface area contributed by atoms with Gasteiger partial charge in [-0.15, -0.1) is 24.0 Å². The number of methoxy groups -OCH3 is 2. The first-order valence-electron chi connectivity index (χ1n) is 7.83. The lowest BCUT2D eigenvalue weighted by Crippen LogP contribution is -2.39. The molecule has 1 aromatic rings. The molecule has 0 radical (unpaired) electrons. The zero-order valence-corrected chi connectivity index (χ0v) is 17.1. The predicted molar refractivity (Wildman–Crippen MR) is 107 cm³/mol. The molecule has 23 heavy (non-hydrogen) atoms. The van der Waals surface area contributed by atoms with Gasteiger partial charge in [-0.3, -0.25) is 4.99 Å². The molecule has 0 aromatic heterocycles. The van der Waals surface area contributed by atoms with Crippen LogP contribution >= 0.6 is 24.0 Å². The fraction of sp³-hybridized carbons (Fsp3) is 0.588. The van der Waals surface area contributed by atoms with Crippen molar-refractivity contribution in [2.45, 2.75) is 33.2 Å². The van der Waals surface area contributed by atoms with E-state index in [1.165, 1.54) is 12.8 Å². The Morgan fingerprint density at radius 1 is 1.09 bits per heavy atom. The maximum atomic E-state index is 5.32. The monoisotopic (exact) mass is 435 g/mol. The highest BCUT2D eigenvalue weighted by molar-refractivity contribution is 14.0. The summed E-state index contributed by atoms with van der Waals surface area (Å²) in [6.45, 7) is 6.06. The number of hydrogen-bond donors (Lipinski definition) is 2. The molecule has 0 aliphatic heterocycles. The molecule has 0 bridgehead atoms. The van der Waals surface area contributed by atoms with Gasteiger partial charge in [-0.1, -0.05) is 32.8 Å². The molecule has 0 atom stereocenters. The fourth-order valence-electron chi connectivity index (χ4n) is 2.22. The number of nitrogens with zero attached hydrogens (tertiary/aromatic N) is 1. The second-order valence-electron chi connectivity index (χ2n) is 5.18. The van der Waals surface area contributed by atoms with Crippen molar-refractivity contribution in [3.05, 3.63) is 23.8 Å². The van der Waals surface area contributed by atoms with Crippen molar-refractivity contribution in [3.8, 4) is 11.5 Å². The van der Waals surface area contributed by atoms with Crippen molar-refractivity contribution in [3.63, 3.8) is 0 Å². The lowest BCUT2D eigenvalue weighted by atomic mass is 10.0. The van der Waals surface area contributed by atoms with Gasteiger partial charge in [0, 0.05) is 20.1 Å². The molecule has 0 saturated heterocycles. The molecular weight excluding hydrogens is 405 g/mol. The zero-order valence-electron chi connectivity index (χ0n) is 14.8. The molecule has 0 aliphatic rings. The minimum Gasteiger partial charge on any atom is -0.493 e. The van der Waals surface area contributed by atoms with E-state index in [9.17, 15) is 0 Å². The van der Waals surface area contributed by atoms with Crippen LogP contribution in [-0.4, -0.2) is 33.8 Å². The van der Waals surface area contributed by atoms with Crippen LogP contribution < -0.4 is 20.1 Å². The van der Waals surface area contributed by atoms with Gasteiger partial charge in [0.1, 0.15) is 0 Å². The lowest BCUT2D eigenvalue weighted by Gasteiger charge is -2.17. The van der Waals surface area contributed by atoms with Gasteiger partial charge in [-0.25, -0.2) is 0 Å². The maximum Gasteiger partial charge on any atom is 0.191 e. The van der Waals surface area contributed by atoms with Gasteiger partial charge in [0.25, 0.3) is 0 Å². The highest BCUT2D eigenvalue weighted by Gasteiger charge is 2.07. The highest BCUT2D eigenvalue weighted by atomic mass is 127. The molecule has 1 rings (SSSR count). The Bertz CT molecular complexity index is 477. The smallest absolute Gasteiger partial charge is 0.191 e. The van der Waals surface area contributed by atoms with E-state index in [1.807, 2.05) is 18.2 Å². The molecule has 0 aliphatic carbocycles. The van der Waals surface area contributed by atoms with E-state index in [0.717, 1.165) is 29.6 Å². The lowest BCUT2D eigenvalue weighted by molar-refractivity contribution is 0.354. The summed E-state index contributed by atoms with van der Waals surface area (Å²) in [5.41, 5.74) is 1.11. The van der Waals surface area contributed by atoms with Gasteiger partial charge < -0.3 is 20.1 Å². The number of nitrogens with one attached hydrogen (secondary N) is 2. The molecule has 6 heteroatoms. The van der Waals surface area contributed by atoms with E-state index in [1.54, 1.807) is 21.3 Å². The Morgan fingerprint density at radius 3 is 2.26 bits per heavy atom. The Morgan fingerprint density at radius 2 is 1.74 bits per heavy atom. The Labute approximate surface area is 157 Å². The van der Waals surface area contributed by atoms with Gasteiger partial charge in [0.15, 0.2) is 17.5 Å². The average Bonchev–Trinajstić information content (AvgIpc) is 2.57.